The second-order valence-electron chi connectivity index (χ2n) is 4.06. The van der Waals surface area contributed by atoms with E-state index >= 15 is 0 Å². The minimum atomic E-state index is -3.69. The van der Waals surface area contributed by atoms with Crippen LogP contribution in [0.1, 0.15) is 33.0 Å². The molecule has 0 saturated carbocycles. The lowest BCUT2D eigenvalue weighted by molar-refractivity contribution is 0.458. The van der Waals surface area contributed by atoms with E-state index in [-0.39, 0.29) is 5.03 Å². The highest BCUT2D eigenvalue weighted by molar-refractivity contribution is 7.89. The van der Waals surface area contributed by atoms with Crippen LogP contribution < -0.4 is 5.14 Å². The van der Waals surface area contributed by atoms with Crippen LogP contribution in [-0.2, 0) is 23.0 Å². The normalized spacial score (nSPS) is 14.0. The summed E-state index contributed by atoms with van der Waals surface area (Å²) in [6.07, 6.45) is 3.28. The molecule has 1 aromatic heterocycles. The molecule has 1 rings (SSSR count). The van der Waals surface area contributed by atoms with Crippen molar-refractivity contribution in [1.29, 1.82) is 0 Å². The fraction of sp³-hybridized carbons (Fsp3) is 0.700. The Morgan fingerprint density at radius 2 is 2.12 bits per heavy atom. The lowest BCUT2D eigenvalue weighted by atomic mass is 10.1. The van der Waals surface area contributed by atoms with E-state index in [0.717, 1.165) is 18.8 Å². The van der Waals surface area contributed by atoms with E-state index in [9.17, 15) is 8.42 Å². The summed E-state index contributed by atoms with van der Waals surface area (Å²) in [5.41, 5.74) is 0. The highest BCUT2D eigenvalue weighted by Gasteiger charge is 2.16. The van der Waals surface area contributed by atoms with Gasteiger partial charge in [0.05, 0.1) is 0 Å². The number of aryl methyl sites for hydroxylation is 1. The molecular weight excluding hydrogens is 226 g/mol. The van der Waals surface area contributed by atoms with Crippen LogP contribution in [0.15, 0.2) is 11.2 Å². The minimum Gasteiger partial charge on any atom is -0.333 e. The summed E-state index contributed by atoms with van der Waals surface area (Å²) in [6, 6.07) is 0. The number of hydrogen-bond acceptors (Lipinski definition) is 3. The molecule has 1 atom stereocenters. The highest BCUT2D eigenvalue weighted by Crippen LogP contribution is 2.12. The molecular formula is C10H19N3O2S. The molecule has 0 spiro atoms. The first-order valence-electron chi connectivity index (χ1n) is 5.47. The Bertz CT molecular complexity index is 451. The summed E-state index contributed by atoms with van der Waals surface area (Å²) >= 11 is 0. The van der Waals surface area contributed by atoms with Crippen molar-refractivity contribution in [3.63, 3.8) is 0 Å². The molecule has 16 heavy (non-hydrogen) atoms. The zero-order valence-corrected chi connectivity index (χ0v) is 10.8. The Morgan fingerprint density at radius 1 is 1.50 bits per heavy atom. The molecule has 1 heterocycles. The molecule has 0 aliphatic rings. The molecule has 0 amide bonds. The third-order valence-electron chi connectivity index (χ3n) is 2.65. The molecule has 0 radical (unpaired) electrons. The monoisotopic (exact) mass is 245 g/mol. The maximum atomic E-state index is 11.2. The number of aromatic nitrogens is 2. The first-order chi connectivity index (χ1) is 7.38. The summed E-state index contributed by atoms with van der Waals surface area (Å²) in [4.78, 5) is 4.04. The molecule has 0 aromatic carbocycles. The van der Waals surface area contributed by atoms with Crippen molar-refractivity contribution < 1.29 is 8.42 Å². The van der Waals surface area contributed by atoms with Crippen molar-refractivity contribution in [2.24, 2.45) is 11.1 Å². The smallest absolute Gasteiger partial charge is 0.257 e. The van der Waals surface area contributed by atoms with E-state index < -0.39 is 10.0 Å². The standard InChI is InChI=1S/C10H19N3O2S/c1-4-8(3)6-13-7-10(16(11,14)15)12-9(13)5-2/h7-8H,4-6H2,1-3H3,(H2,11,14,15). The van der Waals surface area contributed by atoms with Crippen molar-refractivity contribution in [3.05, 3.63) is 12.0 Å². The average Bonchev–Trinajstić information content (AvgIpc) is 2.60. The fourth-order valence-corrected chi connectivity index (χ4v) is 1.98. The predicted molar refractivity (Wildman–Crippen MR) is 62.4 cm³/mol. The van der Waals surface area contributed by atoms with E-state index in [1.165, 1.54) is 6.20 Å². The Hall–Kier alpha value is -0.880. The molecule has 1 aromatic rings. The first-order valence-corrected chi connectivity index (χ1v) is 7.02. The van der Waals surface area contributed by atoms with E-state index in [0.29, 0.717) is 12.3 Å². The average molecular weight is 245 g/mol. The van der Waals surface area contributed by atoms with Gasteiger partial charge in [-0.2, -0.15) is 0 Å². The minimum absolute atomic E-state index is 0.0346. The van der Waals surface area contributed by atoms with Crippen molar-refractivity contribution >= 4 is 10.0 Å². The van der Waals surface area contributed by atoms with Crippen molar-refractivity contribution in [2.45, 2.75) is 45.2 Å². The van der Waals surface area contributed by atoms with Gasteiger partial charge < -0.3 is 4.57 Å². The van der Waals surface area contributed by atoms with E-state index in [4.69, 9.17) is 5.14 Å². The van der Waals surface area contributed by atoms with Gasteiger partial charge in [0.25, 0.3) is 10.0 Å². The SMILES string of the molecule is CCc1nc(S(N)(=O)=O)cn1CC(C)CC. The van der Waals surface area contributed by atoms with Gasteiger partial charge in [-0.25, -0.2) is 18.5 Å². The molecule has 0 fully saturated rings. The molecule has 0 bridgehead atoms. The molecule has 6 heteroatoms. The van der Waals surface area contributed by atoms with Crippen molar-refractivity contribution in [2.75, 3.05) is 0 Å². The summed E-state index contributed by atoms with van der Waals surface area (Å²) in [5, 5.41) is 5.02. The predicted octanol–water partition coefficient (Wildman–Crippen LogP) is 1.14. The van der Waals surface area contributed by atoms with Gasteiger partial charge >= 0.3 is 0 Å². The third kappa shape index (κ3) is 3.05. The van der Waals surface area contributed by atoms with Gasteiger partial charge in [0.1, 0.15) is 5.82 Å². The summed E-state index contributed by atoms with van der Waals surface area (Å²) in [5.74, 6) is 1.26. The van der Waals surface area contributed by atoms with E-state index in [1.54, 1.807) is 0 Å². The number of hydrogen-bond donors (Lipinski definition) is 1. The van der Waals surface area contributed by atoms with Gasteiger partial charge in [-0.3, -0.25) is 0 Å². The Kier molecular flexibility index (Phi) is 4.09. The highest BCUT2D eigenvalue weighted by atomic mass is 32.2. The Balaban J connectivity index is 3.05. The van der Waals surface area contributed by atoms with E-state index in [2.05, 4.69) is 18.8 Å². The fourth-order valence-electron chi connectivity index (χ4n) is 1.47. The summed E-state index contributed by atoms with van der Waals surface area (Å²) < 4.78 is 24.2. The van der Waals surface area contributed by atoms with Crippen LogP contribution in [-0.4, -0.2) is 18.0 Å². The second-order valence-corrected chi connectivity index (χ2v) is 5.57. The molecule has 1 unspecified atom stereocenters. The summed E-state index contributed by atoms with van der Waals surface area (Å²) in [7, 11) is -3.69. The van der Waals surface area contributed by atoms with Gasteiger partial charge in [-0.1, -0.05) is 27.2 Å². The zero-order chi connectivity index (χ0) is 12.3. The number of nitrogens with zero attached hydrogens (tertiary/aromatic N) is 2. The largest absolute Gasteiger partial charge is 0.333 e. The molecule has 0 saturated heterocycles. The Labute approximate surface area is 96.7 Å². The molecule has 92 valence electrons. The number of sulfonamides is 1. The van der Waals surface area contributed by atoms with Crippen LogP contribution in [0.2, 0.25) is 0 Å². The summed E-state index contributed by atoms with van der Waals surface area (Å²) in [6.45, 7) is 6.95. The van der Waals surface area contributed by atoms with Crippen molar-refractivity contribution in [1.82, 2.24) is 9.55 Å². The van der Waals surface area contributed by atoms with Gasteiger partial charge in [-0.15, -0.1) is 0 Å². The van der Waals surface area contributed by atoms with Gasteiger partial charge in [0.2, 0.25) is 0 Å². The molecule has 0 aliphatic heterocycles. The molecule has 0 aliphatic carbocycles. The lowest BCUT2D eigenvalue weighted by Gasteiger charge is -2.11. The second kappa shape index (κ2) is 4.97. The lowest BCUT2D eigenvalue weighted by Crippen LogP contribution is -2.12. The van der Waals surface area contributed by atoms with Crippen LogP contribution in [0.3, 0.4) is 0 Å². The maximum Gasteiger partial charge on any atom is 0.257 e. The van der Waals surface area contributed by atoms with Crippen LogP contribution >= 0.6 is 0 Å². The maximum absolute atomic E-state index is 11.2. The van der Waals surface area contributed by atoms with Crippen LogP contribution in [0.25, 0.3) is 0 Å². The van der Waals surface area contributed by atoms with E-state index in [1.807, 2.05) is 11.5 Å². The van der Waals surface area contributed by atoms with Crippen LogP contribution in [0, 0.1) is 5.92 Å². The number of rotatable bonds is 5. The number of imidazole rings is 1. The topological polar surface area (TPSA) is 78.0 Å². The third-order valence-corrected chi connectivity index (χ3v) is 3.43. The van der Waals surface area contributed by atoms with Crippen molar-refractivity contribution in [3.8, 4) is 0 Å². The molecule has 2 N–H and O–H groups in total. The first kappa shape index (κ1) is 13.2. The number of nitrogens with two attached hydrogens (primary N) is 1. The van der Waals surface area contributed by atoms with Gasteiger partial charge in [-0.05, 0) is 5.92 Å². The quantitative estimate of drug-likeness (QED) is 0.845. The zero-order valence-electron chi connectivity index (χ0n) is 9.97. The van der Waals surface area contributed by atoms with Gasteiger partial charge in [0.15, 0.2) is 5.03 Å². The van der Waals surface area contributed by atoms with Crippen LogP contribution in [0.4, 0.5) is 0 Å². The Morgan fingerprint density at radius 3 is 2.56 bits per heavy atom. The number of primary sulfonamides is 1. The molecule has 5 nitrogen and oxygen atoms in total. The van der Waals surface area contributed by atoms with Gasteiger partial charge in [0, 0.05) is 19.2 Å². The van der Waals surface area contributed by atoms with Crippen LogP contribution in [0.5, 0.6) is 0 Å².